The van der Waals surface area contributed by atoms with Gasteiger partial charge in [-0.05, 0) is 89.0 Å². The molecule has 5 rings (SSSR count). The summed E-state index contributed by atoms with van der Waals surface area (Å²) in [5, 5.41) is -0.0354. The molecule has 8 nitrogen and oxygen atoms in total. The van der Waals surface area contributed by atoms with E-state index in [9.17, 15) is 13.0 Å². The monoisotopic (exact) mass is 665 g/mol. The summed E-state index contributed by atoms with van der Waals surface area (Å²) in [7, 11) is -1.04. The van der Waals surface area contributed by atoms with E-state index in [0.29, 0.717) is 34.6 Å². The van der Waals surface area contributed by atoms with E-state index >= 15 is 0 Å². The van der Waals surface area contributed by atoms with Crippen molar-refractivity contribution >= 4 is 32.2 Å². The van der Waals surface area contributed by atoms with E-state index in [0.717, 1.165) is 56.1 Å². The summed E-state index contributed by atoms with van der Waals surface area (Å²) < 4.78 is 55.8. The second-order valence-electron chi connectivity index (χ2n) is 12.3. The summed E-state index contributed by atoms with van der Waals surface area (Å²) >= 11 is -1.84. The third-order valence-corrected chi connectivity index (χ3v) is 12.2. The summed E-state index contributed by atoms with van der Waals surface area (Å²) in [6.45, 7) is 3.77. The average Bonchev–Trinajstić information content (AvgIpc) is 3.44. The van der Waals surface area contributed by atoms with Gasteiger partial charge in [-0.2, -0.15) is 8.96 Å². The largest absolute Gasteiger partial charge is 0.609 e. The standard InChI is InChI=1S/C36H47N3O5S2/c1-26-24-37-33(27(2)35(26)44-4)25-45(40)36-38-32-23-30(43-3)20-22-34(32)39(36)46(41,42)31-18-12-10-8-6-5-7-9-11-15-28-16-13-14-17-29(28)19-21-31/h18-24H,5-17,25H2,1-4H3/b21-19+,31-18+. The Morgan fingerprint density at radius 1 is 0.913 bits per heavy atom. The molecule has 0 N–H and O–H groups in total. The van der Waals surface area contributed by atoms with Crippen LogP contribution < -0.4 is 9.47 Å². The van der Waals surface area contributed by atoms with Crippen molar-refractivity contribution in [3.05, 3.63) is 75.5 Å². The molecule has 248 valence electrons. The van der Waals surface area contributed by atoms with Gasteiger partial charge in [0.05, 0.1) is 35.9 Å². The van der Waals surface area contributed by atoms with Crippen LogP contribution in [0.4, 0.5) is 0 Å². The van der Waals surface area contributed by atoms with Gasteiger partial charge >= 0.3 is 5.16 Å². The molecule has 2 aliphatic rings. The molecule has 1 unspecified atom stereocenters. The fourth-order valence-corrected chi connectivity index (χ4v) is 9.70. The molecule has 0 aliphatic heterocycles. The molecule has 1 aromatic carbocycles. The molecule has 0 radical (unpaired) electrons. The Hall–Kier alpha value is -3.08. The van der Waals surface area contributed by atoms with Crippen LogP contribution in [-0.4, -0.2) is 41.1 Å². The number of nitrogens with zero attached hydrogens (tertiary/aromatic N) is 3. The van der Waals surface area contributed by atoms with E-state index in [1.165, 1.54) is 47.2 Å². The van der Waals surface area contributed by atoms with E-state index in [4.69, 9.17) is 9.47 Å². The molecule has 0 spiro atoms. The maximum absolute atomic E-state index is 14.7. The number of benzene rings is 1. The first-order valence-electron chi connectivity index (χ1n) is 16.5. The van der Waals surface area contributed by atoms with Gasteiger partial charge < -0.3 is 14.0 Å². The molecule has 0 saturated heterocycles. The van der Waals surface area contributed by atoms with Gasteiger partial charge in [-0.25, -0.2) is 8.42 Å². The molecule has 2 heterocycles. The van der Waals surface area contributed by atoms with E-state index < -0.39 is 21.2 Å². The van der Waals surface area contributed by atoms with Crippen molar-refractivity contribution in [2.45, 2.75) is 108 Å². The third-order valence-electron chi connectivity index (χ3n) is 9.16. The van der Waals surface area contributed by atoms with Crippen molar-refractivity contribution in [3.63, 3.8) is 0 Å². The molecule has 46 heavy (non-hydrogen) atoms. The number of aromatic nitrogens is 3. The van der Waals surface area contributed by atoms with Crippen molar-refractivity contribution < 1.29 is 22.4 Å². The number of hydrogen-bond donors (Lipinski definition) is 0. The Bertz CT molecular complexity index is 1740. The van der Waals surface area contributed by atoms with Crippen molar-refractivity contribution in [2.24, 2.45) is 0 Å². The number of aryl methyl sites for hydroxylation is 1. The van der Waals surface area contributed by atoms with Gasteiger partial charge in [0, 0.05) is 34.6 Å². The number of allylic oxidation sites excluding steroid dienone is 5. The Morgan fingerprint density at radius 3 is 2.35 bits per heavy atom. The zero-order valence-electron chi connectivity index (χ0n) is 27.6. The van der Waals surface area contributed by atoms with E-state index in [1.807, 2.05) is 26.0 Å². The Morgan fingerprint density at radius 2 is 1.61 bits per heavy atom. The maximum atomic E-state index is 14.7. The van der Waals surface area contributed by atoms with E-state index in [2.05, 4.69) is 9.97 Å². The van der Waals surface area contributed by atoms with Gasteiger partial charge in [0.2, 0.25) is 0 Å². The van der Waals surface area contributed by atoms with Crippen LogP contribution in [0.1, 0.15) is 100 Å². The zero-order valence-corrected chi connectivity index (χ0v) is 29.3. The van der Waals surface area contributed by atoms with Gasteiger partial charge in [0.1, 0.15) is 11.5 Å². The molecule has 0 fully saturated rings. The number of rotatable bonds is 7. The predicted molar refractivity (Wildman–Crippen MR) is 185 cm³/mol. The molecule has 0 saturated carbocycles. The number of pyridine rings is 1. The minimum atomic E-state index is -4.19. The number of hydrogen-bond acceptors (Lipinski definition) is 7. The van der Waals surface area contributed by atoms with Crippen molar-refractivity contribution in [3.8, 4) is 11.5 Å². The molecule has 2 aliphatic carbocycles. The molecular formula is C36H47N3O5S2. The minimum absolute atomic E-state index is 0.0103. The first-order valence-corrected chi connectivity index (χ1v) is 19.3. The molecule has 10 heteroatoms. The highest BCUT2D eigenvalue weighted by molar-refractivity contribution is 7.95. The summed E-state index contributed by atoms with van der Waals surface area (Å²) in [5.41, 5.74) is 5.70. The van der Waals surface area contributed by atoms with Crippen molar-refractivity contribution in [2.75, 3.05) is 14.2 Å². The normalized spacial score (nSPS) is 19.8. The predicted octanol–water partition coefficient (Wildman–Crippen LogP) is 8.39. The van der Waals surface area contributed by atoms with Crippen LogP contribution in [0.2, 0.25) is 0 Å². The van der Waals surface area contributed by atoms with Crippen LogP contribution in [0.25, 0.3) is 11.0 Å². The highest BCUT2D eigenvalue weighted by Gasteiger charge is 2.33. The van der Waals surface area contributed by atoms with Gasteiger partial charge in [-0.3, -0.25) is 4.98 Å². The lowest BCUT2D eigenvalue weighted by Crippen LogP contribution is -2.21. The average molecular weight is 666 g/mol. The molecule has 3 aromatic rings. The SMILES string of the molecule is COc1ccc2c(c1)nc([S+]([O-])Cc1ncc(C)c(OC)c1C)n2S(=O)(=O)C1=C/CCCCCCCCCC2=C(\C=C\1)CCCC2. The lowest BCUT2D eigenvalue weighted by Gasteiger charge is -2.19. The molecule has 0 bridgehead atoms. The molecule has 1 atom stereocenters. The minimum Gasteiger partial charge on any atom is -0.609 e. The van der Waals surface area contributed by atoms with Gasteiger partial charge in [0.25, 0.3) is 10.0 Å². The molecule has 0 amide bonds. The maximum Gasteiger partial charge on any atom is 0.338 e. The quantitative estimate of drug-likeness (QED) is 0.233. The molecular weight excluding hydrogens is 619 g/mol. The number of methoxy groups -OCH3 is 2. The zero-order chi connectivity index (χ0) is 32.7. The summed E-state index contributed by atoms with van der Waals surface area (Å²) in [6.07, 6.45) is 21.5. The highest BCUT2D eigenvalue weighted by atomic mass is 32.2. The Labute approximate surface area is 277 Å². The van der Waals surface area contributed by atoms with Crippen LogP contribution in [-0.2, 0) is 27.0 Å². The number of ether oxygens (including phenoxy) is 2. The van der Waals surface area contributed by atoms with E-state index in [-0.39, 0.29) is 15.8 Å². The fourth-order valence-electron chi connectivity index (χ4n) is 6.56. The number of fused-ring (bicyclic) bond motifs is 1. The second-order valence-corrected chi connectivity index (χ2v) is 15.5. The van der Waals surface area contributed by atoms with Crippen LogP contribution >= 0.6 is 0 Å². The lowest BCUT2D eigenvalue weighted by molar-refractivity contribution is 0.407. The molecule has 2 aromatic heterocycles. The topological polar surface area (TPSA) is 106 Å². The van der Waals surface area contributed by atoms with Crippen LogP contribution in [0.3, 0.4) is 0 Å². The van der Waals surface area contributed by atoms with Gasteiger partial charge in [-0.1, -0.05) is 49.8 Å². The highest BCUT2D eigenvalue weighted by Crippen LogP contribution is 2.34. The van der Waals surface area contributed by atoms with Gasteiger partial charge in [-0.15, -0.1) is 0 Å². The summed E-state index contributed by atoms with van der Waals surface area (Å²) in [5.74, 6) is 1.20. The Kier molecular flexibility index (Phi) is 11.7. The summed E-state index contributed by atoms with van der Waals surface area (Å²) in [4.78, 5) is 9.39. The smallest absolute Gasteiger partial charge is 0.338 e. The van der Waals surface area contributed by atoms with Crippen molar-refractivity contribution in [1.29, 1.82) is 0 Å². The van der Waals surface area contributed by atoms with Crippen LogP contribution in [0.15, 0.2) is 63.8 Å². The first kappa shape index (κ1) is 34.3. The van der Waals surface area contributed by atoms with Crippen LogP contribution in [0, 0.1) is 13.8 Å². The third kappa shape index (κ3) is 7.72. The second kappa shape index (κ2) is 15.7. The number of imidazole rings is 1. The fraction of sp³-hybridized carbons (Fsp3) is 0.500. The Balaban J connectivity index is 1.61. The summed E-state index contributed by atoms with van der Waals surface area (Å²) in [6, 6.07) is 5.07. The first-order chi connectivity index (χ1) is 22.2. The lowest BCUT2D eigenvalue weighted by atomic mass is 9.88. The van der Waals surface area contributed by atoms with Crippen LogP contribution in [0.5, 0.6) is 11.5 Å². The van der Waals surface area contributed by atoms with Gasteiger partial charge in [0.15, 0.2) is 5.75 Å². The van der Waals surface area contributed by atoms with Crippen molar-refractivity contribution in [1.82, 2.24) is 13.9 Å². The van der Waals surface area contributed by atoms with E-state index in [1.54, 1.807) is 44.7 Å².